The third kappa shape index (κ3) is 6.77. The van der Waals surface area contributed by atoms with Crippen LogP contribution in [-0.2, 0) is 9.53 Å². The summed E-state index contributed by atoms with van der Waals surface area (Å²) in [6.45, 7) is 3.67. The first-order valence-electron chi connectivity index (χ1n) is 12.3. The summed E-state index contributed by atoms with van der Waals surface area (Å²) in [6, 6.07) is 22.3. The number of carboxylic acids is 1. The van der Waals surface area contributed by atoms with Crippen LogP contribution in [0.2, 0.25) is 0 Å². The predicted octanol–water partition coefficient (Wildman–Crippen LogP) is 6.66. The van der Waals surface area contributed by atoms with Crippen LogP contribution in [0.4, 0.5) is 10.7 Å². The van der Waals surface area contributed by atoms with E-state index in [9.17, 15) is 24.3 Å². The molecule has 8 nitrogen and oxygen atoms in total. The Balaban J connectivity index is 1.47. The van der Waals surface area contributed by atoms with Gasteiger partial charge in [0.2, 0.25) is 5.91 Å². The summed E-state index contributed by atoms with van der Waals surface area (Å²) < 4.78 is 5.27. The van der Waals surface area contributed by atoms with Crippen LogP contribution in [0, 0.1) is 0 Å². The number of thioether (sulfide) groups is 1. The first-order chi connectivity index (χ1) is 19.3. The lowest BCUT2D eigenvalue weighted by Crippen LogP contribution is -2.23. The molecule has 0 radical (unpaired) electrons. The molecular weight excluding hydrogens is 548 g/mol. The average Bonchev–Trinajstić information content (AvgIpc) is 3.37. The lowest BCUT2D eigenvalue weighted by atomic mass is 10.0. The molecule has 0 saturated heterocycles. The van der Waals surface area contributed by atoms with E-state index in [0.29, 0.717) is 26.7 Å². The molecule has 0 aliphatic carbocycles. The first-order valence-corrected chi connectivity index (χ1v) is 14.1. The number of benzene rings is 3. The number of hydrogen-bond acceptors (Lipinski definition) is 7. The number of anilines is 2. The van der Waals surface area contributed by atoms with Crippen LogP contribution in [0.1, 0.15) is 44.9 Å². The number of amides is 2. The van der Waals surface area contributed by atoms with Gasteiger partial charge in [-0.05, 0) is 49.7 Å². The van der Waals surface area contributed by atoms with Crippen LogP contribution in [0.3, 0.4) is 0 Å². The monoisotopic (exact) mass is 574 g/mol. The second-order valence-electron chi connectivity index (χ2n) is 8.52. The van der Waals surface area contributed by atoms with Gasteiger partial charge < -0.3 is 20.5 Å². The van der Waals surface area contributed by atoms with Gasteiger partial charge in [0.05, 0.1) is 23.0 Å². The second-order valence-corrected chi connectivity index (χ2v) is 10.8. The summed E-state index contributed by atoms with van der Waals surface area (Å²) >= 11 is 2.53. The summed E-state index contributed by atoms with van der Waals surface area (Å²) in [6.07, 6.45) is 0. The van der Waals surface area contributed by atoms with Crippen molar-refractivity contribution in [2.24, 2.45) is 0 Å². The molecule has 0 bridgehead atoms. The largest absolute Gasteiger partial charge is 0.478 e. The minimum absolute atomic E-state index is 0.0454. The van der Waals surface area contributed by atoms with Crippen molar-refractivity contribution in [2.75, 3.05) is 17.2 Å². The van der Waals surface area contributed by atoms with Crippen LogP contribution in [-0.4, -0.2) is 40.7 Å². The smallest absolute Gasteiger partial charge is 0.341 e. The highest BCUT2D eigenvalue weighted by molar-refractivity contribution is 8.00. The zero-order valence-corrected chi connectivity index (χ0v) is 23.3. The van der Waals surface area contributed by atoms with Crippen molar-refractivity contribution in [1.82, 2.24) is 0 Å². The standard InChI is InChI=1S/C30H26N2O6S2/c1-3-38-30(37)25-24(19-10-5-4-6-11-19)17-39-28(25)32-26(33)18(2)40-21-13-9-12-20(16-21)31-27(34)22-14-7-8-15-23(22)29(35)36/h4-18H,3H2,1-2H3,(H,31,34)(H,32,33)(H,35,36). The van der Waals surface area contributed by atoms with E-state index in [4.69, 9.17) is 4.74 Å². The highest BCUT2D eigenvalue weighted by Gasteiger charge is 2.25. The molecule has 1 heterocycles. The summed E-state index contributed by atoms with van der Waals surface area (Å²) in [5, 5.41) is 16.7. The van der Waals surface area contributed by atoms with Gasteiger partial charge in [0.1, 0.15) is 10.6 Å². The number of rotatable bonds is 10. The van der Waals surface area contributed by atoms with Gasteiger partial charge in [-0.3, -0.25) is 9.59 Å². The first kappa shape index (κ1) is 28.6. The third-order valence-corrected chi connectivity index (χ3v) is 7.76. The Hall–Kier alpha value is -4.41. The number of hydrogen-bond donors (Lipinski definition) is 3. The summed E-state index contributed by atoms with van der Waals surface area (Å²) in [5.74, 6) is -2.56. The number of ether oxygens (including phenoxy) is 1. The van der Waals surface area contributed by atoms with E-state index in [0.717, 1.165) is 5.56 Å². The van der Waals surface area contributed by atoms with Crippen molar-refractivity contribution < 1.29 is 29.0 Å². The van der Waals surface area contributed by atoms with Gasteiger partial charge in [-0.25, -0.2) is 9.59 Å². The fraction of sp³-hybridized carbons (Fsp3) is 0.133. The van der Waals surface area contributed by atoms with Crippen molar-refractivity contribution in [3.63, 3.8) is 0 Å². The molecule has 0 aliphatic heterocycles. The summed E-state index contributed by atoms with van der Waals surface area (Å²) in [4.78, 5) is 50.9. The molecule has 0 aliphatic rings. The minimum atomic E-state index is -1.19. The minimum Gasteiger partial charge on any atom is -0.478 e. The Bertz CT molecular complexity index is 1550. The van der Waals surface area contributed by atoms with Gasteiger partial charge in [0.25, 0.3) is 5.91 Å². The summed E-state index contributed by atoms with van der Waals surface area (Å²) in [5.41, 5.74) is 2.25. The Kier molecular flexibility index (Phi) is 9.36. The maximum Gasteiger partial charge on any atom is 0.341 e. The molecule has 1 aromatic heterocycles. The van der Waals surface area contributed by atoms with Gasteiger partial charge in [-0.1, -0.05) is 48.5 Å². The van der Waals surface area contributed by atoms with E-state index in [1.165, 1.54) is 35.2 Å². The SMILES string of the molecule is CCOC(=O)c1c(-c2ccccc2)csc1NC(=O)C(C)Sc1cccc(NC(=O)c2ccccc2C(=O)O)c1. The normalized spacial score (nSPS) is 11.3. The van der Waals surface area contributed by atoms with E-state index in [1.54, 1.807) is 50.2 Å². The van der Waals surface area contributed by atoms with E-state index in [-0.39, 0.29) is 23.6 Å². The van der Waals surface area contributed by atoms with Gasteiger partial charge in [-0.15, -0.1) is 23.1 Å². The third-order valence-electron chi connectivity index (χ3n) is 5.77. The molecule has 10 heteroatoms. The van der Waals surface area contributed by atoms with Gasteiger partial charge in [0.15, 0.2) is 0 Å². The molecule has 0 saturated carbocycles. The molecule has 1 unspecified atom stereocenters. The van der Waals surface area contributed by atoms with E-state index < -0.39 is 23.1 Å². The zero-order chi connectivity index (χ0) is 28.6. The van der Waals surface area contributed by atoms with E-state index in [2.05, 4.69) is 10.6 Å². The van der Waals surface area contributed by atoms with Crippen molar-refractivity contribution in [3.8, 4) is 11.1 Å². The second kappa shape index (κ2) is 13.1. The maximum atomic E-state index is 13.1. The molecular formula is C30H26N2O6S2. The quantitative estimate of drug-likeness (QED) is 0.143. The van der Waals surface area contributed by atoms with Crippen LogP contribution in [0.5, 0.6) is 0 Å². The Morgan fingerprint density at radius 3 is 2.33 bits per heavy atom. The van der Waals surface area contributed by atoms with Gasteiger partial charge in [0, 0.05) is 21.5 Å². The Morgan fingerprint density at radius 1 is 0.925 bits per heavy atom. The molecule has 4 aromatic rings. The fourth-order valence-electron chi connectivity index (χ4n) is 3.87. The Labute approximate surface area is 239 Å². The van der Waals surface area contributed by atoms with Crippen molar-refractivity contribution in [3.05, 3.63) is 101 Å². The molecule has 0 fully saturated rings. The number of aromatic carboxylic acids is 1. The van der Waals surface area contributed by atoms with E-state index >= 15 is 0 Å². The van der Waals surface area contributed by atoms with Crippen LogP contribution in [0.25, 0.3) is 11.1 Å². The summed E-state index contributed by atoms with van der Waals surface area (Å²) in [7, 11) is 0. The number of carboxylic acid groups (broad SMARTS) is 1. The molecule has 204 valence electrons. The van der Waals surface area contributed by atoms with Gasteiger partial charge >= 0.3 is 11.9 Å². The molecule has 3 aromatic carbocycles. The average molecular weight is 575 g/mol. The predicted molar refractivity (Wildman–Crippen MR) is 157 cm³/mol. The number of nitrogens with one attached hydrogen (secondary N) is 2. The van der Waals surface area contributed by atoms with Crippen molar-refractivity contribution in [1.29, 1.82) is 0 Å². The van der Waals surface area contributed by atoms with Crippen molar-refractivity contribution in [2.45, 2.75) is 24.0 Å². The highest BCUT2D eigenvalue weighted by atomic mass is 32.2. The lowest BCUT2D eigenvalue weighted by Gasteiger charge is -2.14. The molecule has 2 amide bonds. The number of esters is 1. The van der Waals surface area contributed by atoms with Crippen LogP contribution >= 0.6 is 23.1 Å². The zero-order valence-electron chi connectivity index (χ0n) is 21.7. The molecule has 4 rings (SSSR count). The molecule has 40 heavy (non-hydrogen) atoms. The molecule has 1 atom stereocenters. The maximum absolute atomic E-state index is 13.1. The lowest BCUT2D eigenvalue weighted by molar-refractivity contribution is -0.115. The Morgan fingerprint density at radius 2 is 1.62 bits per heavy atom. The number of thiophene rings is 1. The number of carbonyl (C=O) groups is 4. The molecule has 3 N–H and O–H groups in total. The van der Waals surface area contributed by atoms with E-state index in [1.807, 2.05) is 35.7 Å². The van der Waals surface area contributed by atoms with Crippen LogP contribution in [0.15, 0.2) is 89.1 Å². The van der Waals surface area contributed by atoms with Crippen LogP contribution < -0.4 is 10.6 Å². The number of carbonyl (C=O) groups excluding carboxylic acids is 3. The fourth-order valence-corrected chi connectivity index (χ4v) is 5.76. The van der Waals surface area contributed by atoms with Gasteiger partial charge in [-0.2, -0.15) is 0 Å². The topological polar surface area (TPSA) is 122 Å². The molecule has 0 spiro atoms. The van der Waals surface area contributed by atoms with Crippen molar-refractivity contribution >= 4 is 57.5 Å². The highest BCUT2D eigenvalue weighted by Crippen LogP contribution is 2.37.